The van der Waals surface area contributed by atoms with E-state index in [9.17, 15) is 5.11 Å². The van der Waals surface area contributed by atoms with Crippen molar-refractivity contribution in [2.45, 2.75) is 25.6 Å². The minimum absolute atomic E-state index is 0.589. The summed E-state index contributed by atoms with van der Waals surface area (Å²) < 4.78 is 3.77. The highest BCUT2D eigenvalue weighted by Gasteiger charge is 2.05. The van der Waals surface area contributed by atoms with Crippen LogP contribution < -0.4 is 5.11 Å². The summed E-state index contributed by atoms with van der Waals surface area (Å²) in [6.07, 6.45) is 2.38. The van der Waals surface area contributed by atoms with Gasteiger partial charge in [-0.25, -0.2) is 0 Å². The summed E-state index contributed by atoms with van der Waals surface area (Å²) >= 11 is 0. The maximum absolute atomic E-state index is 10.4. The van der Waals surface area contributed by atoms with Gasteiger partial charge in [0.1, 0.15) is 6.61 Å². The van der Waals surface area contributed by atoms with Crippen molar-refractivity contribution >= 4 is 0 Å². The van der Waals surface area contributed by atoms with Gasteiger partial charge in [-0.15, -0.1) is 0 Å². The molecule has 1 N–H and O–H groups in total. The summed E-state index contributed by atoms with van der Waals surface area (Å²) in [5.41, 5.74) is 0. The highest BCUT2D eigenvalue weighted by molar-refractivity contribution is 4.47. The van der Waals surface area contributed by atoms with Gasteiger partial charge in [-0.3, -0.25) is 0 Å². The van der Waals surface area contributed by atoms with Crippen LogP contribution in [0.2, 0.25) is 0 Å². The van der Waals surface area contributed by atoms with Crippen LogP contribution in [-0.2, 0) is 0 Å². The molecular formula is C5H10O2. The van der Waals surface area contributed by atoms with Crippen LogP contribution in [0.15, 0.2) is 0 Å². The second kappa shape index (κ2) is 2.28. The lowest BCUT2D eigenvalue weighted by molar-refractivity contribution is -0.533. The second-order valence-corrected chi connectivity index (χ2v) is 1.86. The van der Waals surface area contributed by atoms with Crippen molar-refractivity contribution in [3.63, 3.8) is 0 Å². The van der Waals surface area contributed by atoms with Gasteiger partial charge in [-0.1, -0.05) is 0 Å². The molecule has 1 atom stereocenters. The van der Waals surface area contributed by atoms with Crippen molar-refractivity contribution in [1.82, 2.24) is 0 Å². The van der Waals surface area contributed by atoms with E-state index in [4.69, 9.17) is 0 Å². The lowest BCUT2D eigenvalue weighted by Crippen LogP contribution is -2.34. The number of rotatable bonds is 0. The van der Waals surface area contributed by atoms with Crippen LogP contribution in [0, 0.1) is 0 Å². The fourth-order valence-electron chi connectivity index (χ4n) is 0.757. The van der Waals surface area contributed by atoms with E-state index >= 15 is 0 Å². The summed E-state index contributed by atoms with van der Waals surface area (Å²) in [7, 11) is 0. The maximum Gasteiger partial charge on any atom is 0.144 e. The Morgan fingerprint density at radius 3 is 2.57 bits per heavy atom. The molecule has 0 amide bonds. The molecular weight excluding hydrogens is 92.1 g/mol. The molecule has 1 aliphatic rings. The molecule has 0 aliphatic carbocycles. The van der Waals surface area contributed by atoms with E-state index in [2.05, 4.69) is 4.74 Å². The van der Waals surface area contributed by atoms with E-state index in [1.165, 1.54) is 0 Å². The lowest BCUT2D eigenvalue weighted by Gasteiger charge is -2.22. The van der Waals surface area contributed by atoms with Gasteiger partial charge in [0.25, 0.3) is 0 Å². The molecule has 42 valence electrons. The largest absolute Gasteiger partial charge is 0.789 e. The fraction of sp³-hybridized carbons (Fsp3) is 1.00. The number of hydrogen-bond donors (Lipinski definition) is 0. The zero-order chi connectivity index (χ0) is 5.11. The minimum Gasteiger partial charge on any atom is -0.789 e. The molecule has 2 heteroatoms. The topological polar surface area (TPSA) is 35.9 Å². The van der Waals surface area contributed by atoms with Crippen LogP contribution in [0.4, 0.5) is 0 Å². The van der Waals surface area contributed by atoms with Crippen LogP contribution in [0.5, 0.6) is 0 Å². The van der Waals surface area contributed by atoms with Crippen molar-refractivity contribution in [2.24, 2.45) is 0 Å². The highest BCUT2D eigenvalue weighted by Crippen LogP contribution is 2.04. The van der Waals surface area contributed by atoms with E-state index in [1.54, 1.807) is 0 Å². The Morgan fingerprint density at radius 2 is 2.29 bits per heavy atom. The van der Waals surface area contributed by atoms with E-state index in [0.29, 0.717) is 0 Å². The Kier molecular flexibility index (Phi) is 1.65. The van der Waals surface area contributed by atoms with Gasteiger partial charge in [0.2, 0.25) is 0 Å². The first kappa shape index (κ1) is 5.06. The van der Waals surface area contributed by atoms with E-state index in [1.807, 2.05) is 0 Å². The Hall–Kier alpha value is -0.0800. The SMILES string of the molecule is [O-]C1CCCC[OH+]1. The third-order valence-corrected chi connectivity index (χ3v) is 1.19. The summed E-state index contributed by atoms with van der Waals surface area (Å²) in [4.78, 5) is 0. The predicted octanol–water partition coefficient (Wildman–Crippen LogP) is -0.615. The summed E-state index contributed by atoms with van der Waals surface area (Å²) in [5, 5.41) is 10.4. The van der Waals surface area contributed by atoms with Crippen molar-refractivity contribution in [3.05, 3.63) is 0 Å². The minimum atomic E-state index is -0.589. The molecule has 1 aliphatic heterocycles. The Morgan fingerprint density at radius 1 is 1.43 bits per heavy atom. The van der Waals surface area contributed by atoms with Crippen LogP contribution in [0.25, 0.3) is 0 Å². The van der Waals surface area contributed by atoms with Crippen molar-refractivity contribution < 1.29 is 9.84 Å². The molecule has 1 heterocycles. The first-order valence-corrected chi connectivity index (χ1v) is 2.72. The molecule has 1 fully saturated rings. The molecule has 0 aromatic carbocycles. The van der Waals surface area contributed by atoms with Crippen molar-refractivity contribution in [3.8, 4) is 0 Å². The van der Waals surface area contributed by atoms with Gasteiger partial charge in [0.05, 0.1) is 6.29 Å². The molecule has 0 aromatic rings. The summed E-state index contributed by atoms with van der Waals surface area (Å²) in [5.74, 6) is 0. The van der Waals surface area contributed by atoms with Crippen LogP contribution >= 0.6 is 0 Å². The smallest absolute Gasteiger partial charge is 0.144 e. The molecule has 0 saturated carbocycles. The maximum atomic E-state index is 10.4. The predicted molar refractivity (Wildman–Crippen MR) is 24.7 cm³/mol. The van der Waals surface area contributed by atoms with E-state index < -0.39 is 6.29 Å². The average Bonchev–Trinajstić information content (AvgIpc) is 1.69. The second-order valence-electron chi connectivity index (χ2n) is 1.86. The molecule has 1 rings (SSSR count). The summed E-state index contributed by atoms with van der Waals surface area (Å²) in [6, 6.07) is 0. The molecule has 1 saturated heterocycles. The summed E-state index contributed by atoms with van der Waals surface area (Å²) in [6.45, 7) is 0.800. The first-order chi connectivity index (χ1) is 3.39. The van der Waals surface area contributed by atoms with Crippen molar-refractivity contribution in [2.75, 3.05) is 6.61 Å². The van der Waals surface area contributed by atoms with Crippen molar-refractivity contribution in [1.29, 1.82) is 0 Å². The number of hydrogen-bond acceptors (Lipinski definition) is 1. The highest BCUT2D eigenvalue weighted by atomic mass is 16.6. The lowest BCUT2D eigenvalue weighted by atomic mass is 10.2. The quantitative estimate of drug-likeness (QED) is 0.376. The Labute approximate surface area is 43.1 Å². The molecule has 0 bridgehead atoms. The fourth-order valence-corrected chi connectivity index (χ4v) is 0.757. The monoisotopic (exact) mass is 102 g/mol. The van der Waals surface area contributed by atoms with Crippen LogP contribution in [0.1, 0.15) is 19.3 Å². The standard InChI is InChI=1S/C5H9O2/c6-5-3-1-2-4-7-5/h5H,1-4H2/q-1/p+1. The third kappa shape index (κ3) is 1.45. The zero-order valence-electron chi connectivity index (χ0n) is 4.26. The van der Waals surface area contributed by atoms with Gasteiger partial charge in [-0.2, -0.15) is 0 Å². The molecule has 1 unspecified atom stereocenters. The number of ether oxygens (including phenoxy) is 1. The zero-order valence-corrected chi connectivity index (χ0v) is 4.26. The molecule has 0 radical (unpaired) electrons. The average molecular weight is 102 g/mol. The van der Waals surface area contributed by atoms with Crippen LogP contribution in [0.3, 0.4) is 0 Å². The Bertz CT molecular complexity index is 48.0. The molecule has 0 spiro atoms. The molecule has 2 nitrogen and oxygen atoms in total. The van der Waals surface area contributed by atoms with E-state index in [-0.39, 0.29) is 0 Å². The van der Waals surface area contributed by atoms with Gasteiger partial charge in [-0.05, 0) is 6.42 Å². The normalized spacial score (nSPS) is 33.0. The van der Waals surface area contributed by atoms with Gasteiger partial charge >= 0.3 is 0 Å². The molecule has 7 heavy (non-hydrogen) atoms. The first-order valence-electron chi connectivity index (χ1n) is 2.72. The van der Waals surface area contributed by atoms with Crippen LogP contribution in [-0.4, -0.2) is 17.6 Å². The third-order valence-electron chi connectivity index (χ3n) is 1.19. The van der Waals surface area contributed by atoms with Gasteiger partial charge in [0.15, 0.2) is 0 Å². The Balaban J connectivity index is 2.12. The van der Waals surface area contributed by atoms with Gasteiger partial charge in [0, 0.05) is 12.8 Å². The van der Waals surface area contributed by atoms with E-state index in [0.717, 1.165) is 25.9 Å². The van der Waals surface area contributed by atoms with Gasteiger partial charge < -0.3 is 9.84 Å². The molecule has 0 aromatic heterocycles. The number of aliphatic hydroxyl groups is 2.